The second-order valence-corrected chi connectivity index (χ2v) is 7.72. The van der Waals surface area contributed by atoms with Crippen molar-refractivity contribution in [2.75, 3.05) is 25.5 Å². The van der Waals surface area contributed by atoms with Crippen LogP contribution >= 0.6 is 11.3 Å². The van der Waals surface area contributed by atoms with Crippen LogP contribution in [0, 0.1) is 13.8 Å². The predicted octanol–water partition coefficient (Wildman–Crippen LogP) is 2.55. The third kappa shape index (κ3) is 3.72. The van der Waals surface area contributed by atoms with E-state index in [0.29, 0.717) is 18.0 Å². The molecule has 0 saturated carbocycles. The Labute approximate surface area is 157 Å². The van der Waals surface area contributed by atoms with Crippen LogP contribution in [-0.2, 0) is 4.79 Å². The van der Waals surface area contributed by atoms with Gasteiger partial charge in [0.2, 0.25) is 5.91 Å². The van der Waals surface area contributed by atoms with Gasteiger partial charge in [0.25, 0.3) is 5.91 Å². The van der Waals surface area contributed by atoms with Crippen LogP contribution in [0.5, 0.6) is 0 Å². The number of aromatic nitrogens is 1. The van der Waals surface area contributed by atoms with Gasteiger partial charge in [0, 0.05) is 33.0 Å². The molecule has 2 heterocycles. The van der Waals surface area contributed by atoms with Gasteiger partial charge in [0.05, 0.1) is 11.7 Å². The molecule has 0 unspecified atom stereocenters. The van der Waals surface area contributed by atoms with Crippen molar-refractivity contribution in [2.24, 2.45) is 0 Å². The van der Waals surface area contributed by atoms with E-state index in [1.54, 1.807) is 7.05 Å². The second-order valence-electron chi connectivity index (χ2n) is 6.72. The summed E-state index contributed by atoms with van der Waals surface area (Å²) in [5.74, 6) is -0.0141. The molecule has 1 aliphatic heterocycles. The Morgan fingerprint density at radius 2 is 1.88 bits per heavy atom. The molecule has 26 heavy (non-hydrogen) atoms. The van der Waals surface area contributed by atoms with E-state index in [2.05, 4.69) is 39.9 Å². The normalized spacial score (nSPS) is 19.5. The van der Waals surface area contributed by atoms with Crippen LogP contribution in [0.2, 0.25) is 0 Å². The van der Waals surface area contributed by atoms with E-state index in [-0.39, 0.29) is 23.8 Å². The Kier molecular flexibility index (Phi) is 5.27. The van der Waals surface area contributed by atoms with Crippen molar-refractivity contribution < 1.29 is 9.59 Å². The number of likely N-dealkylation sites (tertiary alicyclic amines) is 1. The van der Waals surface area contributed by atoms with Crippen LogP contribution in [0.4, 0.5) is 5.13 Å². The smallest absolute Gasteiger partial charge is 0.266 e. The maximum absolute atomic E-state index is 13.0. The molecule has 0 spiro atoms. The highest BCUT2D eigenvalue weighted by Gasteiger charge is 2.37. The van der Waals surface area contributed by atoms with Gasteiger partial charge in [-0.3, -0.25) is 9.59 Å². The molecule has 1 aromatic carbocycles. The fraction of sp³-hybridized carbons (Fsp3) is 0.421. The van der Waals surface area contributed by atoms with Crippen LogP contribution in [0.15, 0.2) is 24.3 Å². The molecule has 1 saturated heterocycles. The molecular formula is C19H24N4O2S. The zero-order chi connectivity index (χ0) is 18.8. The van der Waals surface area contributed by atoms with Crippen molar-refractivity contribution in [3.05, 3.63) is 46.0 Å². The first-order chi connectivity index (χ1) is 12.4. The molecule has 2 N–H and O–H groups in total. The molecule has 3 rings (SSSR count). The molecule has 1 fully saturated rings. The first kappa shape index (κ1) is 18.4. The number of amides is 2. The summed E-state index contributed by atoms with van der Waals surface area (Å²) in [6, 6.07) is 8.21. The van der Waals surface area contributed by atoms with Crippen molar-refractivity contribution in [2.45, 2.75) is 32.7 Å². The number of nitrogens with zero attached hydrogens (tertiary/aromatic N) is 2. The number of hydrogen-bond acceptors (Lipinski definition) is 5. The predicted molar refractivity (Wildman–Crippen MR) is 104 cm³/mol. The van der Waals surface area contributed by atoms with Gasteiger partial charge in [0.1, 0.15) is 4.88 Å². The summed E-state index contributed by atoms with van der Waals surface area (Å²) in [6.45, 7) is 6.50. The summed E-state index contributed by atoms with van der Waals surface area (Å²) in [4.78, 5) is 31.5. The quantitative estimate of drug-likeness (QED) is 0.865. The van der Waals surface area contributed by atoms with E-state index in [1.165, 1.54) is 23.8 Å². The van der Waals surface area contributed by atoms with Crippen LogP contribution in [0.3, 0.4) is 0 Å². The van der Waals surface area contributed by atoms with E-state index in [4.69, 9.17) is 0 Å². The zero-order valence-corrected chi connectivity index (χ0v) is 16.3. The van der Waals surface area contributed by atoms with Gasteiger partial charge in [-0.05, 0) is 19.4 Å². The lowest BCUT2D eigenvalue weighted by atomic mass is 9.93. The summed E-state index contributed by atoms with van der Waals surface area (Å²) >= 11 is 1.37. The molecule has 1 aromatic heterocycles. The van der Waals surface area contributed by atoms with Crippen LogP contribution in [0.25, 0.3) is 0 Å². The molecule has 2 atom stereocenters. The van der Waals surface area contributed by atoms with Gasteiger partial charge in [0.15, 0.2) is 5.13 Å². The lowest BCUT2D eigenvalue weighted by Crippen LogP contribution is -2.39. The monoisotopic (exact) mass is 372 g/mol. The Morgan fingerprint density at radius 3 is 2.46 bits per heavy atom. The SMILES string of the molecule is CNc1nc(C)c(C(=O)N2C[C@@H](NC(C)=O)[C@H](c3ccc(C)cc3)C2)s1. The van der Waals surface area contributed by atoms with Gasteiger partial charge in [-0.25, -0.2) is 4.98 Å². The van der Waals surface area contributed by atoms with Crippen LogP contribution < -0.4 is 10.6 Å². The van der Waals surface area contributed by atoms with Gasteiger partial charge >= 0.3 is 0 Å². The average Bonchev–Trinajstić information content (AvgIpc) is 3.18. The number of carbonyl (C=O) groups is 2. The van der Waals surface area contributed by atoms with Crippen molar-refractivity contribution in [1.29, 1.82) is 0 Å². The van der Waals surface area contributed by atoms with Crippen LogP contribution in [0.1, 0.15) is 39.3 Å². The Bertz CT molecular complexity index is 815. The van der Waals surface area contributed by atoms with E-state index in [9.17, 15) is 9.59 Å². The Morgan fingerprint density at radius 1 is 1.19 bits per heavy atom. The highest BCUT2D eigenvalue weighted by atomic mass is 32.1. The van der Waals surface area contributed by atoms with Crippen molar-refractivity contribution in [3.8, 4) is 0 Å². The van der Waals surface area contributed by atoms with Crippen LogP contribution in [-0.4, -0.2) is 47.9 Å². The molecule has 0 aliphatic carbocycles. The number of aryl methyl sites for hydroxylation is 2. The number of rotatable bonds is 4. The highest BCUT2D eigenvalue weighted by molar-refractivity contribution is 7.17. The molecule has 138 valence electrons. The largest absolute Gasteiger partial charge is 0.365 e. The van der Waals surface area contributed by atoms with Crippen molar-refractivity contribution in [3.63, 3.8) is 0 Å². The van der Waals surface area contributed by atoms with Crippen molar-refractivity contribution >= 4 is 28.3 Å². The number of anilines is 1. The minimum atomic E-state index is -0.0869. The lowest BCUT2D eigenvalue weighted by Gasteiger charge is -2.19. The molecule has 2 aromatic rings. The summed E-state index contributed by atoms with van der Waals surface area (Å²) in [7, 11) is 1.79. The molecule has 0 bridgehead atoms. The number of benzene rings is 1. The molecular weight excluding hydrogens is 348 g/mol. The number of hydrogen-bond donors (Lipinski definition) is 2. The van der Waals surface area contributed by atoms with Gasteiger partial charge in [-0.1, -0.05) is 41.2 Å². The third-order valence-electron chi connectivity index (χ3n) is 4.71. The summed E-state index contributed by atoms with van der Waals surface area (Å²) < 4.78 is 0. The zero-order valence-electron chi connectivity index (χ0n) is 15.5. The molecule has 7 heteroatoms. The Balaban J connectivity index is 1.85. The lowest BCUT2D eigenvalue weighted by molar-refractivity contribution is -0.119. The molecule has 1 aliphatic rings. The number of carbonyl (C=O) groups excluding carboxylic acids is 2. The standard InChI is InChI=1S/C19H24N4O2S/c1-11-5-7-14(8-6-11)15-9-23(10-16(15)22-13(3)24)18(25)17-12(2)21-19(20-4)26-17/h5-8,15-16H,9-10H2,1-4H3,(H,20,21)(H,22,24)/t15-,16+/m0/s1. The van der Waals surface area contributed by atoms with E-state index in [0.717, 1.165) is 16.4 Å². The van der Waals surface area contributed by atoms with E-state index in [1.807, 2.05) is 18.7 Å². The highest BCUT2D eigenvalue weighted by Crippen LogP contribution is 2.31. The Hall–Kier alpha value is -2.41. The molecule has 2 amide bonds. The molecule has 0 radical (unpaired) electrons. The fourth-order valence-electron chi connectivity index (χ4n) is 3.37. The first-order valence-electron chi connectivity index (χ1n) is 8.67. The average molecular weight is 372 g/mol. The third-order valence-corrected chi connectivity index (χ3v) is 5.87. The minimum absolute atomic E-state index is 0.0218. The summed E-state index contributed by atoms with van der Waals surface area (Å²) in [6.07, 6.45) is 0. The first-order valence-corrected chi connectivity index (χ1v) is 9.48. The maximum atomic E-state index is 13.0. The van der Waals surface area contributed by atoms with Gasteiger partial charge in [-0.15, -0.1) is 0 Å². The summed E-state index contributed by atoms with van der Waals surface area (Å²) in [5, 5.41) is 6.74. The van der Waals surface area contributed by atoms with E-state index < -0.39 is 0 Å². The minimum Gasteiger partial charge on any atom is -0.365 e. The maximum Gasteiger partial charge on any atom is 0.266 e. The summed E-state index contributed by atoms with van der Waals surface area (Å²) in [5.41, 5.74) is 3.07. The van der Waals surface area contributed by atoms with Crippen molar-refractivity contribution in [1.82, 2.24) is 15.2 Å². The number of nitrogens with one attached hydrogen (secondary N) is 2. The second kappa shape index (κ2) is 7.45. The van der Waals surface area contributed by atoms with Gasteiger partial charge < -0.3 is 15.5 Å². The van der Waals surface area contributed by atoms with E-state index >= 15 is 0 Å². The van der Waals surface area contributed by atoms with Gasteiger partial charge in [-0.2, -0.15) is 0 Å². The number of thiazole rings is 1. The fourth-order valence-corrected chi connectivity index (χ4v) is 4.26. The molecule has 6 nitrogen and oxygen atoms in total. The topological polar surface area (TPSA) is 74.3 Å².